The Morgan fingerprint density at radius 2 is 2.10 bits per heavy atom. The molecule has 2 aromatic heterocycles. The van der Waals surface area contributed by atoms with Crippen molar-refractivity contribution in [1.82, 2.24) is 25.1 Å². The van der Waals surface area contributed by atoms with Gasteiger partial charge in [0.25, 0.3) is 5.91 Å². The second kappa shape index (κ2) is 7.57. The van der Waals surface area contributed by atoms with Crippen LogP contribution >= 0.6 is 0 Å². The van der Waals surface area contributed by atoms with Crippen molar-refractivity contribution in [3.63, 3.8) is 0 Å². The van der Waals surface area contributed by atoms with Crippen LogP contribution in [0.4, 0.5) is 0 Å². The highest BCUT2D eigenvalue weighted by molar-refractivity contribution is 5.77. The molecule has 1 aliphatic heterocycles. The van der Waals surface area contributed by atoms with Crippen LogP contribution in [0.5, 0.6) is 17.4 Å². The molecule has 0 unspecified atom stereocenters. The molecule has 0 spiro atoms. The van der Waals surface area contributed by atoms with Crippen molar-refractivity contribution in [2.75, 3.05) is 13.2 Å². The van der Waals surface area contributed by atoms with Gasteiger partial charge in [-0.05, 0) is 32.9 Å². The van der Waals surface area contributed by atoms with E-state index >= 15 is 0 Å². The number of rotatable bonds is 7. The van der Waals surface area contributed by atoms with Crippen molar-refractivity contribution >= 4 is 11.6 Å². The van der Waals surface area contributed by atoms with Crippen LogP contribution in [0.2, 0.25) is 0 Å². The van der Waals surface area contributed by atoms with E-state index in [9.17, 15) is 4.79 Å². The minimum atomic E-state index is -0.280. The minimum absolute atomic E-state index is 0.130. The molecule has 0 atom stereocenters. The first-order valence-corrected chi connectivity index (χ1v) is 9.50. The highest BCUT2D eigenvalue weighted by Crippen LogP contribution is 2.41. The zero-order valence-electron chi connectivity index (χ0n) is 16.6. The van der Waals surface area contributed by atoms with Gasteiger partial charge in [-0.3, -0.25) is 4.79 Å². The summed E-state index contributed by atoms with van der Waals surface area (Å²) in [4.78, 5) is 12.3. The Hall–Kier alpha value is -3.36. The molecule has 1 aliphatic rings. The first-order valence-electron chi connectivity index (χ1n) is 9.50. The Kier molecular flexibility index (Phi) is 4.96. The number of fused-ring (bicyclic) bond motifs is 2. The zero-order valence-corrected chi connectivity index (χ0v) is 16.6. The number of hydrogen-bond donors (Lipinski definition) is 1. The van der Waals surface area contributed by atoms with E-state index in [1.54, 1.807) is 22.7 Å². The Balaban J connectivity index is 1.37. The van der Waals surface area contributed by atoms with Gasteiger partial charge in [0, 0.05) is 18.1 Å². The first kappa shape index (κ1) is 19.0. The number of carbonyl (C=O) groups is 1. The molecule has 3 aromatic rings. The number of amides is 1. The third kappa shape index (κ3) is 4.08. The normalized spacial score (nSPS) is 14.3. The fourth-order valence-corrected chi connectivity index (χ4v) is 3.22. The Morgan fingerprint density at radius 1 is 1.24 bits per heavy atom. The molecular weight excluding hydrogens is 374 g/mol. The van der Waals surface area contributed by atoms with Crippen LogP contribution in [0.1, 0.15) is 32.2 Å². The van der Waals surface area contributed by atoms with Gasteiger partial charge in [-0.15, -0.1) is 15.3 Å². The van der Waals surface area contributed by atoms with E-state index in [0.717, 1.165) is 12.0 Å². The van der Waals surface area contributed by atoms with E-state index in [-0.39, 0.29) is 24.7 Å². The Morgan fingerprint density at radius 3 is 2.93 bits per heavy atom. The molecule has 4 rings (SSSR count). The van der Waals surface area contributed by atoms with Crippen LogP contribution in [-0.4, -0.2) is 44.5 Å². The van der Waals surface area contributed by atoms with E-state index in [1.807, 2.05) is 32.9 Å². The quantitative estimate of drug-likeness (QED) is 0.650. The van der Waals surface area contributed by atoms with E-state index in [2.05, 4.69) is 20.6 Å². The summed E-state index contributed by atoms with van der Waals surface area (Å²) in [7, 11) is 0. The molecule has 9 nitrogen and oxygen atoms in total. The Bertz CT molecular complexity index is 1050. The summed E-state index contributed by atoms with van der Waals surface area (Å²) in [5.41, 5.74) is 1.39. The van der Waals surface area contributed by atoms with E-state index in [0.29, 0.717) is 35.5 Å². The van der Waals surface area contributed by atoms with Gasteiger partial charge in [0.15, 0.2) is 29.6 Å². The van der Waals surface area contributed by atoms with Gasteiger partial charge in [0.05, 0.1) is 13.2 Å². The molecule has 0 radical (unpaired) electrons. The zero-order chi connectivity index (χ0) is 20.4. The van der Waals surface area contributed by atoms with E-state index in [1.165, 1.54) is 0 Å². The molecule has 152 valence electrons. The molecular formula is C20H23N5O4. The highest BCUT2D eigenvalue weighted by Gasteiger charge is 2.32. The molecule has 1 aromatic carbocycles. The molecule has 1 N–H and O–H groups in total. The highest BCUT2D eigenvalue weighted by atomic mass is 16.5. The summed E-state index contributed by atoms with van der Waals surface area (Å²) in [5, 5.41) is 15.2. The largest absolute Gasteiger partial charge is 0.483 e. The number of para-hydroxylation sites is 1. The number of nitrogens with one attached hydrogen (secondary N) is 1. The van der Waals surface area contributed by atoms with Crippen LogP contribution in [0, 0.1) is 0 Å². The van der Waals surface area contributed by atoms with Gasteiger partial charge >= 0.3 is 0 Å². The lowest BCUT2D eigenvalue weighted by molar-refractivity contribution is -0.123. The van der Waals surface area contributed by atoms with Gasteiger partial charge in [-0.2, -0.15) is 4.52 Å². The minimum Gasteiger partial charge on any atom is -0.483 e. The lowest BCUT2D eigenvalue weighted by Crippen LogP contribution is -2.29. The molecule has 29 heavy (non-hydrogen) atoms. The maximum absolute atomic E-state index is 12.3. The summed E-state index contributed by atoms with van der Waals surface area (Å²) in [6.45, 7) is 6.48. The topological polar surface area (TPSA) is 99.9 Å². The SMILES string of the molecule is CCOc1ccc2nnc(CNC(=O)COc3cccc4c3OC(C)(C)C4)n2n1. The maximum atomic E-state index is 12.3. The summed E-state index contributed by atoms with van der Waals surface area (Å²) in [6, 6.07) is 9.21. The fourth-order valence-electron chi connectivity index (χ4n) is 3.22. The van der Waals surface area contributed by atoms with Crippen molar-refractivity contribution in [2.45, 2.75) is 39.3 Å². The molecule has 0 aliphatic carbocycles. The van der Waals surface area contributed by atoms with Crippen molar-refractivity contribution in [3.05, 3.63) is 41.7 Å². The molecule has 0 fully saturated rings. The van der Waals surface area contributed by atoms with Crippen molar-refractivity contribution < 1.29 is 19.0 Å². The third-order valence-corrected chi connectivity index (χ3v) is 4.45. The maximum Gasteiger partial charge on any atom is 0.258 e. The van der Waals surface area contributed by atoms with E-state index < -0.39 is 0 Å². The van der Waals surface area contributed by atoms with E-state index in [4.69, 9.17) is 14.2 Å². The number of nitrogens with zero attached hydrogens (tertiary/aromatic N) is 4. The number of benzene rings is 1. The summed E-state index contributed by atoms with van der Waals surface area (Å²) >= 11 is 0. The second-order valence-electron chi connectivity index (χ2n) is 7.34. The summed E-state index contributed by atoms with van der Waals surface area (Å²) in [6.07, 6.45) is 0.808. The monoisotopic (exact) mass is 397 g/mol. The third-order valence-electron chi connectivity index (χ3n) is 4.45. The van der Waals surface area contributed by atoms with Crippen LogP contribution in [-0.2, 0) is 17.8 Å². The number of ether oxygens (including phenoxy) is 3. The molecule has 0 bridgehead atoms. The molecule has 1 amide bonds. The average Bonchev–Trinajstić information content (AvgIpc) is 3.23. The lowest BCUT2D eigenvalue weighted by Gasteiger charge is -2.18. The number of hydrogen-bond acceptors (Lipinski definition) is 7. The second-order valence-corrected chi connectivity index (χ2v) is 7.34. The Labute approximate surface area is 168 Å². The predicted octanol–water partition coefficient (Wildman–Crippen LogP) is 1.93. The van der Waals surface area contributed by atoms with Gasteiger partial charge in [-0.1, -0.05) is 12.1 Å². The van der Waals surface area contributed by atoms with Gasteiger partial charge in [-0.25, -0.2) is 0 Å². The average molecular weight is 397 g/mol. The summed E-state index contributed by atoms with van der Waals surface area (Å²) < 4.78 is 18.6. The molecule has 9 heteroatoms. The van der Waals surface area contributed by atoms with Crippen molar-refractivity contribution in [2.24, 2.45) is 0 Å². The van der Waals surface area contributed by atoms with Crippen molar-refractivity contribution in [1.29, 1.82) is 0 Å². The van der Waals surface area contributed by atoms with Crippen LogP contribution in [0.15, 0.2) is 30.3 Å². The fraction of sp³-hybridized carbons (Fsp3) is 0.400. The standard InChI is InChI=1S/C20H23N5O4/c1-4-27-18-9-8-15-22-23-16(25(15)24-18)11-21-17(26)12-28-14-7-5-6-13-10-20(2,3)29-19(13)14/h5-9H,4,10-12H2,1-3H3,(H,21,26). The first-order chi connectivity index (χ1) is 13.9. The van der Waals surface area contributed by atoms with Gasteiger partial charge in [0.2, 0.25) is 5.88 Å². The summed E-state index contributed by atoms with van der Waals surface area (Å²) in [5.74, 6) is 1.97. The van der Waals surface area contributed by atoms with Crippen LogP contribution in [0.3, 0.4) is 0 Å². The number of aromatic nitrogens is 4. The molecule has 3 heterocycles. The molecule has 0 saturated carbocycles. The lowest BCUT2D eigenvalue weighted by atomic mass is 10.0. The van der Waals surface area contributed by atoms with Crippen LogP contribution in [0.25, 0.3) is 5.65 Å². The number of carbonyl (C=O) groups excluding carboxylic acids is 1. The predicted molar refractivity (Wildman–Crippen MR) is 104 cm³/mol. The van der Waals surface area contributed by atoms with Gasteiger partial charge in [0.1, 0.15) is 5.60 Å². The van der Waals surface area contributed by atoms with Crippen molar-refractivity contribution in [3.8, 4) is 17.4 Å². The van der Waals surface area contributed by atoms with Gasteiger partial charge < -0.3 is 19.5 Å². The smallest absolute Gasteiger partial charge is 0.258 e. The molecule has 0 saturated heterocycles. The van der Waals surface area contributed by atoms with Crippen LogP contribution < -0.4 is 19.5 Å².